The van der Waals surface area contributed by atoms with Gasteiger partial charge in [-0.1, -0.05) is 35.6 Å². The summed E-state index contributed by atoms with van der Waals surface area (Å²) in [6.07, 6.45) is 1.78. The number of aromatic nitrogens is 1. The topological polar surface area (TPSA) is 79.1 Å². The Hall–Kier alpha value is -3.54. The molecule has 11 heteroatoms. The second-order valence-corrected chi connectivity index (χ2v) is 12.0. The molecule has 5 rings (SSSR count). The first-order valence-electron chi connectivity index (χ1n) is 12.9. The summed E-state index contributed by atoms with van der Waals surface area (Å²) in [4.78, 5) is 32.1. The van der Waals surface area contributed by atoms with E-state index in [0.717, 1.165) is 11.1 Å². The number of rotatable bonds is 8. The van der Waals surface area contributed by atoms with E-state index in [2.05, 4.69) is 36.9 Å². The van der Waals surface area contributed by atoms with Crippen LogP contribution in [0.3, 0.4) is 0 Å². The number of hydrogen-bond donors (Lipinski definition) is 0. The van der Waals surface area contributed by atoms with Crippen molar-refractivity contribution in [3.63, 3.8) is 0 Å². The van der Waals surface area contributed by atoms with Crippen molar-refractivity contribution in [2.24, 2.45) is 4.99 Å². The lowest BCUT2D eigenvalue weighted by Crippen LogP contribution is -2.39. The minimum Gasteiger partial charge on any atom is -0.496 e. The van der Waals surface area contributed by atoms with Crippen LogP contribution in [-0.4, -0.2) is 24.3 Å². The number of methoxy groups -OCH3 is 1. The fraction of sp³-hybridized carbons (Fsp3) is 0.194. The maximum absolute atomic E-state index is 13.9. The van der Waals surface area contributed by atoms with E-state index in [-0.39, 0.29) is 24.6 Å². The van der Waals surface area contributed by atoms with Crippen LogP contribution in [0.5, 0.6) is 11.5 Å². The Bertz CT molecular complexity index is 1880. The van der Waals surface area contributed by atoms with Gasteiger partial charge in [0.1, 0.15) is 23.9 Å². The second-order valence-electron chi connectivity index (χ2n) is 9.30. The van der Waals surface area contributed by atoms with Crippen molar-refractivity contribution in [2.45, 2.75) is 26.5 Å². The molecule has 1 atom stereocenters. The molecule has 1 aliphatic rings. The minimum absolute atomic E-state index is 0.192. The van der Waals surface area contributed by atoms with Gasteiger partial charge in [0.2, 0.25) is 0 Å². The van der Waals surface area contributed by atoms with E-state index in [1.165, 1.54) is 23.5 Å². The monoisotopic (exact) mass is 714 g/mol. The summed E-state index contributed by atoms with van der Waals surface area (Å²) in [5, 5.41) is 0. The number of fused-ring (bicyclic) bond motifs is 1. The average Bonchev–Trinajstić information content (AvgIpc) is 3.26. The summed E-state index contributed by atoms with van der Waals surface area (Å²) in [5.74, 6) is 0.410. The number of halogens is 3. The number of thiazole rings is 1. The number of nitrogens with zero attached hydrogens (tertiary/aromatic N) is 2. The summed E-state index contributed by atoms with van der Waals surface area (Å²) in [6.45, 7) is 3.95. The van der Waals surface area contributed by atoms with Gasteiger partial charge in [-0.3, -0.25) is 9.36 Å². The predicted molar refractivity (Wildman–Crippen MR) is 166 cm³/mol. The summed E-state index contributed by atoms with van der Waals surface area (Å²) < 4.78 is 33.2. The molecule has 0 fully saturated rings. The van der Waals surface area contributed by atoms with E-state index < -0.39 is 12.0 Å². The van der Waals surface area contributed by atoms with Gasteiger partial charge in [-0.25, -0.2) is 14.2 Å². The molecular weight excluding hydrogens is 691 g/mol. The maximum Gasteiger partial charge on any atom is 0.338 e. The van der Waals surface area contributed by atoms with E-state index in [1.54, 1.807) is 55.9 Å². The van der Waals surface area contributed by atoms with Gasteiger partial charge in [0.05, 0.1) is 44.5 Å². The van der Waals surface area contributed by atoms with Crippen molar-refractivity contribution >= 4 is 55.2 Å². The molecule has 0 N–H and O–H groups in total. The maximum atomic E-state index is 13.9. The second kappa shape index (κ2) is 12.8. The molecule has 0 amide bonds. The standard InChI is InChI=1S/C31H25Br2FN2O5S/c1-4-40-30(38)27-17(2)35-31-36(28(27)20-8-12-24(39-3)23(33)15-20)29(37)26(42-31)14-19-7-11-25(22(32)13-19)41-16-18-5-9-21(34)10-6-18/h5-15,28H,4,16H2,1-3H3/b26-14+/t28-/m0/s1. The smallest absolute Gasteiger partial charge is 0.338 e. The third-order valence-corrected chi connectivity index (χ3v) is 8.79. The average molecular weight is 716 g/mol. The van der Waals surface area contributed by atoms with E-state index in [9.17, 15) is 14.0 Å². The molecule has 4 aromatic rings. The molecule has 0 saturated heterocycles. The number of hydrogen-bond acceptors (Lipinski definition) is 7. The third-order valence-electron chi connectivity index (χ3n) is 6.57. The van der Waals surface area contributed by atoms with Gasteiger partial charge in [0.15, 0.2) is 4.80 Å². The number of esters is 1. The van der Waals surface area contributed by atoms with Crippen molar-refractivity contribution in [2.75, 3.05) is 13.7 Å². The van der Waals surface area contributed by atoms with E-state index >= 15 is 0 Å². The predicted octanol–water partition coefficient (Wildman–Crippen LogP) is 6.05. The van der Waals surface area contributed by atoms with Crippen molar-refractivity contribution < 1.29 is 23.4 Å². The lowest BCUT2D eigenvalue weighted by Gasteiger charge is -2.25. The SMILES string of the molecule is CCOC(=O)C1=C(C)N=c2s/c(=C/c3ccc(OCc4ccc(F)cc4)c(Br)c3)c(=O)n2[C@H]1c1ccc(OC)c(Br)c1. The van der Waals surface area contributed by atoms with Gasteiger partial charge in [-0.05, 0) is 105 Å². The lowest BCUT2D eigenvalue weighted by molar-refractivity contribution is -0.139. The molecule has 2 heterocycles. The zero-order valence-electron chi connectivity index (χ0n) is 22.8. The highest BCUT2D eigenvalue weighted by Gasteiger charge is 2.33. The fourth-order valence-electron chi connectivity index (χ4n) is 4.58. The van der Waals surface area contributed by atoms with Crippen LogP contribution in [0.25, 0.3) is 6.08 Å². The lowest BCUT2D eigenvalue weighted by atomic mass is 9.96. The normalized spacial score (nSPS) is 14.8. The van der Waals surface area contributed by atoms with Crippen LogP contribution >= 0.6 is 43.2 Å². The van der Waals surface area contributed by atoms with Gasteiger partial charge >= 0.3 is 5.97 Å². The Morgan fingerprint density at radius 3 is 2.45 bits per heavy atom. The highest BCUT2D eigenvalue weighted by molar-refractivity contribution is 9.10. The molecule has 1 aliphatic heterocycles. The van der Waals surface area contributed by atoms with E-state index in [4.69, 9.17) is 14.2 Å². The first-order chi connectivity index (χ1) is 20.2. The molecule has 0 unspecified atom stereocenters. The van der Waals surface area contributed by atoms with Gasteiger partial charge in [-0.15, -0.1) is 0 Å². The molecule has 7 nitrogen and oxygen atoms in total. The number of benzene rings is 3. The van der Waals surface area contributed by atoms with Crippen LogP contribution in [0.4, 0.5) is 4.39 Å². The first kappa shape index (κ1) is 29.9. The minimum atomic E-state index is -0.737. The Kier molecular flexibility index (Phi) is 9.10. The number of carbonyl (C=O) groups excluding carboxylic acids is 1. The van der Waals surface area contributed by atoms with Crippen LogP contribution in [0, 0.1) is 5.82 Å². The van der Waals surface area contributed by atoms with Crippen molar-refractivity contribution in [1.29, 1.82) is 0 Å². The third kappa shape index (κ3) is 6.13. The number of allylic oxidation sites excluding steroid dienone is 1. The molecule has 0 spiro atoms. The molecule has 0 bridgehead atoms. The molecule has 0 radical (unpaired) electrons. The Morgan fingerprint density at radius 1 is 1.07 bits per heavy atom. The largest absolute Gasteiger partial charge is 0.496 e. The molecule has 216 valence electrons. The molecule has 42 heavy (non-hydrogen) atoms. The molecule has 0 aliphatic carbocycles. The van der Waals surface area contributed by atoms with Gasteiger partial charge in [0, 0.05) is 0 Å². The van der Waals surface area contributed by atoms with Crippen molar-refractivity contribution in [3.05, 3.63) is 123 Å². The first-order valence-corrected chi connectivity index (χ1v) is 15.3. The molecular formula is C31H25Br2FN2O5S. The van der Waals surface area contributed by atoms with Crippen LogP contribution < -0.4 is 24.4 Å². The quantitative estimate of drug-likeness (QED) is 0.208. The Balaban J connectivity index is 1.53. The summed E-state index contributed by atoms with van der Waals surface area (Å²) in [7, 11) is 1.57. The number of ether oxygens (including phenoxy) is 3. The van der Waals surface area contributed by atoms with E-state index in [1.807, 2.05) is 24.3 Å². The highest BCUT2D eigenvalue weighted by Crippen LogP contribution is 2.35. The number of carbonyl (C=O) groups is 1. The van der Waals surface area contributed by atoms with Crippen LogP contribution in [0.2, 0.25) is 0 Å². The van der Waals surface area contributed by atoms with Crippen molar-refractivity contribution in [3.8, 4) is 11.5 Å². The Morgan fingerprint density at radius 2 is 1.79 bits per heavy atom. The van der Waals surface area contributed by atoms with Crippen molar-refractivity contribution in [1.82, 2.24) is 4.57 Å². The Labute approximate surface area is 261 Å². The highest BCUT2D eigenvalue weighted by atomic mass is 79.9. The molecule has 3 aromatic carbocycles. The van der Waals surface area contributed by atoms with Gasteiger partial charge in [0.25, 0.3) is 5.56 Å². The summed E-state index contributed by atoms with van der Waals surface area (Å²) in [5.41, 5.74) is 2.83. The van der Waals surface area contributed by atoms with Gasteiger partial charge < -0.3 is 14.2 Å². The van der Waals surface area contributed by atoms with E-state index in [0.29, 0.717) is 46.6 Å². The molecule has 1 aromatic heterocycles. The summed E-state index contributed by atoms with van der Waals surface area (Å²) in [6, 6.07) is 16.3. The zero-order chi connectivity index (χ0) is 30.0. The zero-order valence-corrected chi connectivity index (χ0v) is 26.8. The van der Waals surface area contributed by atoms with Crippen LogP contribution in [-0.2, 0) is 16.1 Å². The van der Waals surface area contributed by atoms with Crippen LogP contribution in [0.1, 0.15) is 36.6 Å². The fourth-order valence-corrected chi connectivity index (χ4v) is 6.69. The van der Waals surface area contributed by atoms with Gasteiger partial charge in [-0.2, -0.15) is 0 Å². The molecule has 0 saturated carbocycles. The van der Waals surface area contributed by atoms with Crippen LogP contribution in [0.15, 0.2) is 90.7 Å². The summed E-state index contributed by atoms with van der Waals surface area (Å²) >= 11 is 8.32.